The van der Waals surface area contributed by atoms with Gasteiger partial charge in [-0.05, 0) is 44.2 Å². The van der Waals surface area contributed by atoms with Crippen LogP contribution in [-0.2, 0) is 25.6 Å². The van der Waals surface area contributed by atoms with Crippen molar-refractivity contribution in [3.05, 3.63) is 35.9 Å². The summed E-state index contributed by atoms with van der Waals surface area (Å²) in [7, 11) is 0. The van der Waals surface area contributed by atoms with Gasteiger partial charge in [0.25, 0.3) is 0 Å². The van der Waals surface area contributed by atoms with Crippen LogP contribution >= 0.6 is 0 Å². The van der Waals surface area contributed by atoms with E-state index in [0.29, 0.717) is 19.4 Å². The lowest BCUT2D eigenvalue weighted by molar-refractivity contribution is -0.142. The van der Waals surface area contributed by atoms with E-state index in [1.54, 1.807) is 0 Å². The van der Waals surface area contributed by atoms with Gasteiger partial charge in [0, 0.05) is 6.42 Å². The average Bonchev–Trinajstić information content (AvgIpc) is 2.70. The summed E-state index contributed by atoms with van der Waals surface area (Å²) >= 11 is 0. The van der Waals surface area contributed by atoms with Crippen molar-refractivity contribution >= 4 is 23.7 Å². The number of primary amides is 1. The topological polar surface area (TPSA) is 191 Å². The van der Waals surface area contributed by atoms with Gasteiger partial charge in [0.1, 0.15) is 12.1 Å². The van der Waals surface area contributed by atoms with Crippen molar-refractivity contribution in [1.29, 1.82) is 0 Å². The second kappa shape index (κ2) is 13.3. The number of carboxylic acid groups (broad SMARTS) is 1. The van der Waals surface area contributed by atoms with E-state index >= 15 is 0 Å². The number of carboxylic acids is 1. The number of carbonyl (C=O) groups is 4. The molecule has 0 saturated heterocycles. The lowest BCUT2D eigenvalue weighted by Gasteiger charge is -2.22. The lowest BCUT2D eigenvalue weighted by Crippen LogP contribution is -2.55. The number of amides is 3. The summed E-state index contributed by atoms with van der Waals surface area (Å²) in [4.78, 5) is 47.7. The van der Waals surface area contributed by atoms with Gasteiger partial charge in [-0.25, -0.2) is 4.79 Å². The molecule has 1 aromatic carbocycles. The number of hydrogen-bond acceptors (Lipinski definition) is 6. The molecule has 30 heavy (non-hydrogen) atoms. The van der Waals surface area contributed by atoms with Crippen LogP contribution in [0.1, 0.15) is 37.7 Å². The smallest absolute Gasteiger partial charge is 0.326 e. The number of nitrogens with one attached hydrogen (secondary N) is 2. The highest BCUT2D eigenvalue weighted by Crippen LogP contribution is 2.06. The number of nitrogens with two attached hydrogens (primary N) is 3. The van der Waals surface area contributed by atoms with E-state index in [-0.39, 0.29) is 25.7 Å². The number of rotatable bonds is 14. The first-order chi connectivity index (χ1) is 14.2. The molecule has 3 amide bonds. The van der Waals surface area contributed by atoms with Crippen LogP contribution in [0.3, 0.4) is 0 Å². The third-order valence-corrected chi connectivity index (χ3v) is 4.51. The Labute approximate surface area is 175 Å². The average molecular weight is 421 g/mol. The highest BCUT2D eigenvalue weighted by atomic mass is 16.4. The molecule has 0 radical (unpaired) electrons. The van der Waals surface area contributed by atoms with E-state index in [4.69, 9.17) is 17.2 Å². The fourth-order valence-electron chi connectivity index (χ4n) is 2.82. The monoisotopic (exact) mass is 421 g/mol. The molecule has 0 aliphatic carbocycles. The molecule has 0 bridgehead atoms. The zero-order chi connectivity index (χ0) is 22.5. The molecule has 0 fully saturated rings. The Morgan fingerprint density at radius 1 is 0.933 bits per heavy atom. The quantitative estimate of drug-likeness (QED) is 0.208. The van der Waals surface area contributed by atoms with Gasteiger partial charge in [-0.1, -0.05) is 30.3 Å². The molecule has 166 valence electrons. The molecule has 0 saturated carbocycles. The Balaban J connectivity index is 2.77. The van der Waals surface area contributed by atoms with Crippen molar-refractivity contribution in [2.75, 3.05) is 6.54 Å². The fourth-order valence-corrected chi connectivity index (χ4v) is 2.82. The minimum atomic E-state index is -1.19. The first-order valence-corrected chi connectivity index (χ1v) is 9.86. The van der Waals surface area contributed by atoms with E-state index < -0.39 is 41.8 Å². The van der Waals surface area contributed by atoms with Crippen molar-refractivity contribution < 1.29 is 24.3 Å². The molecule has 0 aliphatic heterocycles. The van der Waals surface area contributed by atoms with Crippen molar-refractivity contribution in [2.24, 2.45) is 17.2 Å². The summed E-state index contributed by atoms with van der Waals surface area (Å²) in [5, 5.41) is 14.2. The van der Waals surface area contributed by atoms with Crippen LogP contribution in [0.2, 0.25) is 0 Å². The van der Waals surface area contributed by atoms with E-state index in [0.717, 1.165) is 5.56 Å². The predicted octanol–water partition coefficient (Wildman–Crippen LogP) is -0.995. The van der Waals surface area contributed by atoms with Crippen LogP contribution in [0.25, 0.3) is 0 Å². The molecule has 1 aromatic rings. The van der Waals surface area contributed by atoms with E-state index in [1.807, 2.05) is 30.3 Å². The van der Waals surface area contributed by atoms with Crippen LogP contribution in [0.5, 0.6) is 0 Å². The maximum atomic E-state index is 12.6. The largest absolute Gasteiger partial charge is 0.480 e. The zero-order valence-electron chi connectivity index (χ0n) is 16.9. The van der Waals surface area contributed by atoms with Crippen molar-refractivity contribution in [2.45, 2.75) is 56.7 Å². The Kier molecular flexibility index (Phi) is 11.1. The minimum absolute atomic E-state index is 0.0693. The number of carbonyl (C=O) groups excluding carboxylic acids is 3. The molecule has 10 heteroatoms. The summed E-state index contributed by atoms with van der Waals surface area (Å²) in [6, 6.07) is 5.94. The van der Waals surface area contributed by atoms with Gasteiger partial charge in [0.15, 0.2) is 0 Å². The van der Waals surface area contributed by atoms with Crippen LogP contribution in [0.4, 0.5) is 0 Å². The maximum Gasteiger partial charge on any atom is 0.326 e. The summed E-state index contributed by atoms with van der Waals surface area (Å²) in [5.74, 6) is -3.13. The molecular formula is C20H31N5O5. The summed E-state index contributed by atoms with van der Waals surface area (Å²) in [6.07, 6.45) is 1.37. The second-order valence-electron chi connectivity index (χ2n) is 7.05. The van der Waals surface area contributed by atoms with Gasteiger partial charge >= 0.3 is 5.97 Å². The predicted molar refractivity (Wildman–Crippen MR) is 111 cm³/mol. The first-order valence-electron chi connectivity index (χ1n) is 9.86. The van der Waals surface area contributed by atoms with Crippen LogP contribution in [-0.4, -0.2) is 53.5 Å². The normalized spacial score (nSPS) is 13.7. The molecule has 9 N–H and O–H groups in total. The van der Waals surface area contributed by atoms with Crippen LogP contribution in [0.15, 0.2) is 30.3 Å². The van der Waals surface area contributed by atoms with E-state index in [1.165, 1.54) is 0 Å². The summed E-state index contributed by atoms with van der Waals surface area (Å²) < 4.78 is 0. The van der Waals surface area contributed by atoms with Gasteiger partial charge in [-0.15, -0.1) is 0 Å². The summed E-state index contributed by atoms with van der Waals surface area (Å²) in [5.41, 5.74) is 17.4. The van der Waals surface area contributed by atoms with Gasteiger partial charge < -0.3 is 32.9 Å². The van der Waals surface area contributed by atoms with Gasteiger partial charge in [-0.2, -0.15) is 0 Å². The fraction of sp³-hybridized carbons (Fsp3) is 0.500. The van der Waals surface area contributed by atoms with Gasteiger partial charge in [0.2, 0.25) is 17.7 Å². The standard InChI is InChI=1S/C20H31N5O5/c21-11-5-4-8-16(20(29)30)25-19(28)15(9-10-17(23)26)24-18(27)14(22)12-13-6-2-1-3-7-13/h1-3,6-7,14-16H,4-5,8-12,21-22H2,(H2,23,26)(H,24,27)(H,25,28)(H,29,30). The molecule has 0 spiro atoms. The molecular weight excluding hydrogens is 390 g/mol. The lowest BCUT2D eigenvalue weighted by atomic mass is 10.0. The maximum absolute atomic E-state index is 12.6. The molecule has 10 nitrogen and oxygen atoms in total. The molecule has 1 rings (SSSR count). The highest BCUT2D eigenvalue weighted by molar-refractivity contribution is 5.92. The third-order valence-electron chi connectivity index (χ3n) is 4.51. The van der Waals surface area contributed by atoms with Crippen molar-refractivity contribution in [3.8, 4) is 0 Å². The first kappa shape index (κ1) is 25.1. The summed E-state index contributed by atoms with van der Waals surface area (Å²) in [6.45, 7) is 0.414. The van der Waals surface area contributed by atoms with Crippen molar-refractivity contribution in [1.82, 2.24) is 10.6 Å². The Bertz CT molecular complexity index is 713. The zero-order valence-corrected chi connectivity index (χ0v) is 16.9. The SMILES string of the molecule is NCCCCC(NC(=O)C(CCC(N)=O)NC(=O)C(N)Cc1ccccc1)C(=O)O. The number of hydrogen-bond donors (Lipinski definition) is 6. The Morgan fingerprint density at radius 2 is 1.57 bits per heavy atom. The van der Waals surface area contributed by atoms with Gasteiger partial charge in [-0.3, -0.25) is 14.4 Å². The molecule has 3 atom stereocenters. The van der Waals surface area contributed by atoms with Crippen molar-refractivity contribution in [3.63, 3.8) is 0 Å². The molecule has 3 unspecified atom stereocenters. The second-order valence-corrected chi connectivity index (χ2v) is 7.05. The molecule has 0 aromatic heterocycles. The van der Waals surface area contributed by atoms with Crippen LogP contribution < -0.4 is 27.8 Å². The highest BCUT2D eigenvalue weighted by Gasteiger charge is 2.28. The minimum Gasteiger partial charge on any atom is -0.480 e. The molecule has 0 heterocycles. The van der Waals surface area contributed by atoms with Gasteiger partial charge in [0.05, 0.1) is 6.04 Å². The number of benzene rings is 1. The third kappa shape index (κ3) is 9.48. The van der Waals surface area contributed by atoms with Crippen LogP contribution in [0, 0.1) is 0 Å². The number of unbranched alkanes of at least 4 members (excludes halogenated alkanes) is 1. The van der Waals surface area contributed by atoms with E-state index in [2.05, 4.69) is 10.6 Å². The van der Waals surface area contributed by atoms with E-state index in [9.17, 15) is 24.3 Å². The number of aliphatic carboxylic acids is 1. The Hall–Kier alpha value is -2.98. The molecule has 0 aliphatic rings. The Morgan fingerprint density at radius 3 is 2.13 bits per heavy atom.